The molecule has 130 valence electrons. The molecule has 1 N–H and O–H groups in total. The van der Waals surface area contributed by atoms with Gasteiger partial charge in [0.2, 0.25) is 0 Å². The first-order valence-corrected chi connectivity index (χ1v) is 8.70. The molecule has 0 saturated carbocycles. The van der Waals surface area contributed by atoms with Crippen molar-refractivity contribution < 1.29 is 31.1 Å². The van der Waals surface area contributed by atoms with Gasteiger partial charge in [-0.3, -0.25) is 4.79 Å². The third-order valence-electron chi connectivity index (χ3n) is 2.61. The van der Waals surface area contributed by atoms with Crippen molar-refractivity contribution in [3.05, 3.63) is 28.8 Å². The first-order valence-electron chi connectivity index (χ1n) is 6.43. The number of carbonyl (C=O) groups is 1. The van der Waals surface area contributed by atoms with Gasteiger partial charge in [0, 0.05) is 25.0 Å². The lowest BCUT2D eigenvalue weighted by molar-refractivity contribution is -0.173. The Balaban J connectivity index is 2.50. The topological polar surface area (TPSA) is 72.5 Å². The van der Waals surface area contributed by atoms with E-state index in [1.807, 2.05) is 0 Å². The molecule has 0 spiro atoms. The number of ether oxygens (including phenoxy) is 1. The van der Waals surface area contributed by atoms with Crippen LogP contribution in [0.3, 0.4) is 0 Å². The Kier molecular flexibility index (Phi) is 6.84. The minimum absolute atomic E-state index is 0.00426. The summed E-state index contributed by atoms with van der Waals surface area (Å²) in [6, 6.07) is 3.79. The summed E-state index contributed by atoms with van der Waals surface area (Å²) in [6.45, 7) is -1.40. The SMILES string of the molecule is CS(=O)(=O)c1cc(C(=O)NCCCOCC(F)(F)F)ccc1Cl. The predicted octanol–water partition coefficient (Wildman–Crippen LogP) is 2.44. The van der Waals surface area contributed by atoms with Crippen LogP contribution < -0.4 is 5.32 Å². The minimum Gasteiger partial charge on any atom is -0.372 e. The largest absolute Gasteiger partial charge is 0.411 e. The molecule has 0 heterocycles. The number of hydrogen-bond acceptors (Lipinski definition) is 4. The molecular formula is C13H15ClF3NO4S. The van der Waals surface area contributed by atoms with Gasteiger partial charge in [-0.2, -0.15) is 13.2 Å². The Bertz CT molecular complexity index is 662. The van der Waals surface area contributed by atoms with E-state index < -0.39 is 28.5 Å². The van der Waals surface area contributed by atoms with Crippen LogP contribution in [0, 0.1) is 0 Å². The lowest BCUT2D eigenvalue weighted by atomic mass is 10.2. The molecule has 0 atom stereocenters. The van der Waals surface area contributed by atoms with E-state index in [1.54, 1.807) is 0 Å². The van der Waals surface area contributed by atoms with E-state index in [2.05, 4.69) is 10.1 Å². The van der Waals surface area contributed by atoms with E-state index in [-0.39, 0.29) is 35.1 Å². The number of halogens is 4. The first-order chi connectivity index (χ1) is 10.5. The number of alkyl halides is 3. The monoisotopic (exact) mass is 373 g/mol. The Hall–Kier alpha value is -1.32. The van der Waals surface area contributed by atoms with Crippen LogP contribution in [-0.2, 0) is 14.6 Å². The van der Waals surface area contributed by atoms with Gasteiger partial charge in [0.15, 0.2) is 9.84 Å². The van der Waals surface area contributed by atoms with Crippen molar-refractivity contribution in [2.24, 2.45) is 0 Å². The van der Waals surface area contributed by atoms with Gasteiger partial charge < -0.3 is 10.1 Å². The third-order valence-corrected chi connectivity index (χ3v) is 4.19. The highest BCUT2D eigenvalue weighted by Crippen LogP contribution is 2.22. The van der Waals surface area contributed by atoms with E-state index >= 15 is 0 Å². The molecule has 0 aliphatic rings. The predicted molar refractivity (Wildman–Crippen MR) is 78.4 cm³/mol. The zero-order chi connectivity index (χ0) is 17.7. The Labute approximate surface area is 136 Å². The van der Waals surface area contributed by atoms with Gasteiger partial charge in [-0.05, 0) is 24.6 Å². The molecule has 0 aromatic heterocycles. The summed E-state index contributed by atoms with van der Waals surface area (Å²) >= 11 is 5.76. The average Bonchev–Trinajstić information content (AvgIpc) is 2.40. The summed E-state index contributed by atoms with van der Waals surface area (Å²) in [5, 5.41) is 2.46. The molecule has 0 fully saturated rings. The number of nitrogens with one attached hydrogen (secondary N) is 1. The van der Waals surface area contributed by atoms with Crippen LogP contribution in [0.4, 0.5) is 13.2 Å². The smallest absolute Gasteiger partial charge is 0.372 e. The average molecular weight is 374 g/mol. The van der Waals surface area contributed by atoms with Crippen LogP contribution in [0.5, 0.6) is 0 Å². The van der Waals surface area contributed by atoms with Crippen LogP contribution >= 0.6 is 11.6 Å². The highest BCUT2D eigenvalue weighted by Gasteiger charge is 2.27. The van der Waals surface area contributed by atoms with Crippen LogP contribution in [0.1, 0.15) is 16.8 Å². The molecule has 0 saturated heterocycles. The maximum Gasteiger partial charge on any atom is 0.411 e. The summed E-state index contributed by atoms with van der Waals surface area (Å²) in [7, 11) is -3.57. The van der Waals surface area contributed by atoms with Gasteiger partial charge >= 0.3 is 6.18 Å². The normalized spacial score (nSPS) is 12.2. The van der Waals surface area contributed by atoms with Gasteiger partial charge in [-0.15, -0.1) is 0 Å². The fourth-order valence-electron chi connectivity index (χ4n) is 1.59. The number of hydrogen-bond donors (Lipinski definition) is 1. The molecule has 0 radical (unpaired) electrons. The van der Waals surface area contributed by atoms with Gasteiger partial charge in [0.1, 0.15) is 6.61 Å². The van der Waals surface area contributed by atoms with Crippen LogP contribution in [0.2, 0.25) is 5.02 Å². The van der Waals surface area contributed by atoms with Crippen molar-refractivity contribution in [2.45, 2.75) is 17.5 Å². The number of benzene rings is 1. The van der Waals surface area contributed by atoms with Crippen molar-refractivity contribution in [3.63, 3.8) is 0 Å². The van der Waals surface area contributed by atoms with Crippen LogP contribution in [0.25, 0.3) is 0 Å². The maximum absolute atomic E-state index is 11.9. The van der Waals surface area contributed by atoms with Gasteiger partial charge in [0.25, 0.3) is 5.91 Å². The molecular weight excluding hydrogens is 359 g/mol. The zero-order valence-electron chi connectivity index (χ0n) is 12.1. The van der Waals surface area contributed by atoms with Crippen LogP contribution in [-0.4, -0.2) is 46.5 Å². The molecule has 0 aliphatic heterocycles. The van der Waals surface area contributed by atoms with Crippen molar-refractivity contribution in [2.75, 3.05) is 26.0 Å². The van der Waals surface area contributed by atoms with E-state index in [1.165, 1.54) is 12.1 Å². The zero-order valence-corrected chi connectivity index (χ0v) is 13.7. The summed E-state index contributed by atoms with van der Waals surface area (Å²) in [5.41, 5.74) is 0.0889. The molecule has 1 amide bonds. The number of rotatable bonds is 7. The molecule has 0 aliphatic carbocycles. The highest BCUT2D eigenvalue weighted by atomic mass is 35.5. The van der Waals surface area contributed by atoms with Crippen molar-refractivity contribution in [3.8, 4) is 0 Å². The standard InChI is InChI=1S/C13H15ClF3NO4S/c1-23(20,21)11-7-9(3-4-10(11)14)12(19)18-5-2-6-22-8-13(15,16)17/h3-4,7H,2,5-6,8H2,1H3,(H,18,19). The fraction of sp³-hybridized carbons (Fsp3) is 0.462. The lowest BCUT2D eigenvalue weighted by Crippen LogP contribution is -2.26. The van der Waals surface area contributed by atoms with E-state index in [0.717, 1.165) is 12.3 Å². The Morgan fingerprint density at radius 1 is 1.35 bits per heavy atom. The molecule has 1 aromatic rings. The molecule has 0 bridgehead atoms. The van der Waals surface area contributed by atoms with Crippen molar-refractivity contribution in [1.82, 2.24) is 5.32 Å². The highest BCUT2D eigenvalue weighted by molar-refractivity contribution is 7.90. The molecule has 23 heavy (non-hydrogen) atoms. The fourth-order valence-corrected chi connectivity index (χ4v) is 2.90. The van der Waals surface area contributed by atoms with Gasteiger partial charge in [-0.1, -0.05) is 11.6 Å². The van der Waals surface area contributed by atoms with Crippen molar-refractivity contribution >= 4 is 27.3 Å². The van der Waals surface area contributed by atoms with E-state index in [0.29, 0.717) is 0 Å². The van der Waals surface area contributed by atoms with Gasteiger partial charge in [-0.25, -0.2) is 8.42 Å². The van der Waals surface area contributed by atoms with Crippen LogP contribution in [0.15, 0.2) is 23.1 Å². The minimum atomic E-state index is -4.38. The quantitative estimate of drug-likeness (QED) is 0.745. The number of carbonyl (C=O) groups excluding carboxylic acids is 1. The second kappa shape index (κ2) is 7.98. The summed E-state index contributed by atoms with van der Waals surface area (Å²) < 4.78 is 62.9. The molecule has 1 aromatic carbocycles. The van der Waals surface area contributed by atoms with E-state index in [4.69, 9.17) is 11.6 Å². The van der Waals surface area contributed by atoms with Crippen molar-refractivity contribution in [1.29, 1.82) is 0 Å². The first kappa shape index (κ1) is 19.7. The Morgan fingerprint density at radius 3 is 2.57 bits per heavy atom. The molecule has 0 unspecified atom stereocenters. The molecule has 1 rings (SSSR count). The molecule has 5 nitrogen and oxygen atoms in total. The number of sulfone groups is 1. The second-order valence-corrected chi connectivity index (χ2v) is 7.09. The second-order valence-electron chi connectivity index (χ2n) is 4.69. The van der Waals surface area contributed by atoms with E-state index in [9.17, 15) is 26.4 Å². The lowest BCUT2D eigenvalue weighted by Gasteiger charge is -2.09. The summed E-state index contributed by atoms with van der Waals surface area (Å²) in [6.07, 6.45) is -3.23. The molecule has 10 heteroatoms. The third kappa shape index (κ3) is 7.19. The summed E-state index contributed by atoms with van der Waals surface area (Å²) in [4.78, 5) is 11.7. The summed E-state index contributed by atoms with van der Waals surface area (Å²) in [5.74, 6) is -0.553. The van der Waals surface area contributed by atoms with Gasteiger partial charge in [0.05, 0.1) is 9.92 Å². The maximum atomic E-state index is 11.9. The number of amides is 1. The Morgan fingerprint density at radius 2 is 2.00 bits per heavy atom.